The first-order chi connectivity index (χ1) is 22.5. The molecule has 1 heteroatoms. The van der Waals surface area contributed by atoms with Crippen LogP contribution in [0.1, 0.15) is 30.5 Å². The minimum absolute atomic E-state index is 0.114. The minimum Gasteiger partial charge on any atom is -0.296 e. The normalized spacial score (nSPS) is 13.3. The van der Waals surface area contributed by atoms with E-state index in [-0.39, 0.29) is 5.41 Å². The van der Waals surface area contributed by atoms with E-state index in [1.807, 2.05) is 0 Å². The van der Waals surface area contributed by atoms with Crippen molar-refractivity contribution in [2.24, 2.45) is 4.99 Å². The Balaban J connectivity index is 1.30. The van der Waals surface area contributed by atoms with Gasteiger partial charge in [0.1, 0.15) is 0 Å². The van der Waals surface area contributed by atoms with Gasteiger partial charge in [0.05, 0.1) is 6.54 Å². The van der Waals surface area contributed by atoms with E-state index in [0.717, 1.165) is 0 Å². The second-order valence-electron chi connectivity index (χ2n) is 13.2. The molecular weight excluding hydrogens is 555 g/mol. The Morgan fingerprint density at radius 3 is 1.59 bits per heavy atom. The third-order valence-corrected chi connectivity index (χ3v) is 10.3. The summed E-state index contributed by atoms with van der Waals surface area (Å²) in [5.41, 5.74) is 11.6. The number of benzene rings is 8. The third kappa shape index (κ3) is 3.85. The SMILES string of the molecule is C=NCc1ccc2c(c1)C(C)(C)c1cc(-c3c4ccccc4c(-c4ccc5ccc6ccccc6c5c4)c4ccccc34)ccc1-2. The van der Waals surface area contributed by atoms with Crippen LogP contribution in [0.25, 0.3) is 76.5 Å². The first-order valence-corrected chi connectivity index (χ1v) is 16.1. The van der Waals surface area contributed by atoms with Crippen molar-refractivity contribution >= 4 is 49.8 Å². The van der Waals surface area contributed by atoms with Gasteiger partial charge in [0, 0.05) is 5.41 Å². The van der Waals surface area contributed by atoms with Crippen molar-refractivity contribution in [2.75, 3.05) is 0 Å². The topological polar surface area (TPSA) is 12.4 Å². The van der Waals surface area contributed by atoms with E-state index in [4.69, 9.17) is 0 Å². The second-order valence-corrected chi connectivity index (χ2v) is 13.2. The van der Waals surface area contributed by atoms with E-state index in [2.05, 4.69) is 165 Å². The summed E-state index contributed by atoms with van der Waals surface area (Å²) in [6.45, 7) is 9.08. The highest BCUT2D eigenvalue weighted by molar-refractivity contribution is 6.22. The van der Waals surface area contributed by atoms with Gasteiger partial charge in [0.15, 0.2) is 0 Å². The maximum Gasteiger partial charge on any atom is 0.0632 e. The van der Waals surface area contributed by atoms with Crippen molar-refractivity contribution in [2.45, 2.75) is 25.8 Å². The van der Waals surface area contributed by atoms with Crippen LogP contribution in [-0.2, 0) is 12.0 Å². The van der Waals surface area contributed by atoms with Gasteiger partial charge in [0.2, 0.25) is 0 Å². The Labute approximate surface area is 269 Å². The highest BCUT2D eigenvalue weighted by atomic mass is 14.7. The van der Waals surface area contributed by atoms with E-state index in [1.165, 1.54) is 93.2 Å². The van der Waals surface area contributed by atoms with Crippen LogP contribution in [0.3, 0.4) is 0 Å². The molecule has 8 aromatic rings. The Bertz CT molecular complexity index is 2490. The average Bonchev–Trinajstić information content (AvgIpc) is 3.32. The van der Waals surface area contributed by atoms with Crippen LogP contribution in [0.2, 0.25) is 0 Å². The fraction of sp³-hybridized carbons (Fsp3) is 0.0889. The molecule has 0 amide bonds. The summed E-state index contributed by atoms with van der Waals surface area (Å²) in [6, 6.07) is 52.0. The zero-order valence-corrected chi connectivity index (χ0v) is 26.1. The number of rotatable bonds is 4. The lowest BCUT2D eigenvalue weighted by Gasteiger charge is -2.23. The quantitative estimate of drug-likeness (QED) is 0.110. The monoisotopic (exact) mass is 587 g/mol. The Kier molecular flexibility index (Phi) is 5.83. The zero-order chi connectivity index (χ0) is 31.0. The van der Waals surface area contributed by atoms with E-state index in [1.54, 1.807) is 0 Å². The largest absolute Gasteiger partial charge is 0.296 e. The van der Waals surface area contributed by atoms with E-state index < -0.39 is 0 Å². The molecule has 9 rings (SSSR count). The molecule has 8 aromatic carbocycles. The minimum atomic E-state index is -0.114. The van der Waals surface area contributed by atoms with Crippen molar-refractivity contribution in [1.82, 2.24) is 0 Å². The molecule has 0 saturated heterocycles. The number of hydrogen-bond acceptors (Lipinski definition) is 1. The number of hydrogen-bond donors (Lipinski definition) is 0. The molecule has 0 radical (unpaired) electrons. The molecule has 0 fully saturated rings. The standard InChI is InChI=1S/C45H33N/c1-45(2)41-24-28(27-46-3)16-22-34(41)35-23-21-32(26-42(35)45)44-38-14-8-6-12-36(38)43(37-13-7-9-15-39(37)44)31-20-19-30-18-17-29-10-4-5-11-33(29)40(30)25-31/h4-26H,3,27H2,1-2H3. The van der Waals surface area contributed by atoms with Crippen molar-refractivity contribution in [3.8, 4) is 33.4 Å². The lowest BCUT2D eigenvalue weighted by molar-refractivity contribution is 0.659. The maximum atomic E-state index is 4.15. The summed E-state index contributed by atoms with van der Waals surface area (Å²) in [5, 5.41) is 10.2. The molecule has 0 heterocycles. The summed E-state index contributed by atoms with van der Waals surface area (Å²) in [7, 11) is 0. The van der Waals surface area contributed by atoms with Crippen LogP contribution in [-0.4, -0.2) is 6.72 Å². The second kappa shape index (κ2) is 9.99. The van der Waals surface area contributed by atoms with Gasteiger partial charge in [-0.1, -0.05) is 141 Å². The lowest BCUT2D eigenvalue weighted by Crippen LogP contribution is -2.15. The van der Waals surface area contributed by atoms with Crippen molar-refractivity contribution in [1.29, 1.82) is 0 Å². The van der Waals surface area contributed by atoms with Gasteiger partial charge >= 0.3 is 0 Å². The maximum absolute atomic E-state index is 4.15. The molecule has 46 heavy (non-hydrogen) atoms. The first-order valence-electron chi connectivity index (χ1n) is 16.1. The summed E-state index contributed by atoms with van der Waals surface area (Å²) in [4.78, 5) is 4.15. The van der Waals surface area contributed by atoms with Crippen molar-refractivity contribution in [3.63, 3.8) is 0 Å². The molecule has 0 aliphatic heterocycles. The van der Waals surface area contributed by atoms with E-state index in [9.17, 15) is 0 Å². The van der Waals surface area contributed by atoms with Gasteiger partial charge in [0.25, 0.3) is 0 Å². The van der Waals surface area contributed by atoms with Crippen LogP contribution in [0.4, 0.5) is 0 Å². The van der Waals surface area contributed by atoms with Crippen LogP contribution in [0.15, 0.2) is 145 Å². The molecule has 0 bridgehead atoms. The first kappa shape index (κ1) is 26.8. The number of aliphatic imine (C=N–C) groups is 1. The van der Waals surface area contributed by atoms with Gasteiger partial charge in [-0.05, 0) is 112 Å². The van der Waals surface area contributed by atoms with Gasteiger partial charge in [-0.25, -0.2) is 0 Å². The number of nitrogens with zero attached hydrogens (tertiary/aromatic N) is 1. The van der Waals surface area contributed by atoms with Gasteiger partial charge in [-0.3, -0.25) is 4.99 Å². The summed E-state index contributed by atoms with van der Waals surface area (Å²) >= 11 is 0. The molecule has 1 aliphatic rings. The predicted molar refractivity (Wildman–Crippen MR) is 198 cm³/mol. The fourth-order valence-corrected chi connectivity index (χ4v) is 8.08. The van der Waals surface area contributed by atoms with Crippen LogP contribution in [0, 0.1) is 0 Å². The third-order valence-electron chi connectivity index (χ3n) is 10.3. The predicted octanol–water partition coefficient (Wildman–Crippen LogP) is 12.1. The lowest BCUT2D eigenvalue weighted by atomic mass is 9.80. The molecule has 1 aliphatic carbocycles. The Morgan fingerprint density at radius 1 is 0.478 bits per heavy atom. The zero-order valence-electron chi connectivity index (χ0n) is 26.1. The summed E-state index contributed by atoms with van der Waals surface area (Å²) < 4.78 is 0. The summed E-state index contributed by atoms with van der Waals surface area (Å²) in [6.07, 6.45) is 0. The number of fused-ring (bicyclic) bond motifs is 8. The van der Waals surface area contributed by atoms with Gasteiger partial charge in [-0.2, -0.15) is 0 Å². The molecule has 0 N–H and O–H groups in total. The Hall–Kier alpha value is -5.53. The molecule has 0 unspecified atom stereocenters. The average molecular weight is 588 g/mol. The van der Waals surface area contributed by atoms with Gasteiger partial charge in [-0.15, -0.1) is 0 Å². The highest BCUT2D eigenvalue weighted by Crippen LogP contribution is 2.51. The van der Waals surface area contributed by atoms with E-state index >= 15 is 0 Å². The fourth-order valence-electron chi connectivity index (χ4n) is 8.08. The highest BCUT2D eigenvalue weighted by Gasteiger charge is 2.36. The van der Waals surface area contributed by atoms with Crippen molar-refractivity contribution < 1.29 is 0 Å². The van der Waals surface area contributed by atoms with Gasteiger partial charge < -0.3 is 0 Å². The van der Waals surface area contributed by atoms with Crippen LogP contribution < -0.4 is 0 Å². The molecule has 0 atom stereocenters. The van der Waals surface area contributed by atoms with Crippen LogP contribution in [0.5, 0.6) is 0 Å². The van der Waals surface area contributed by atoms with Crippen molar-refractivity contribution in [3.05, 3.63) is 156 Å². The molecule has 1 nitrogen and oxygen atoms in total. The molecule has 0 saturated carbocycles. The smallest absolute Gasteiger partial charge is 0.0632 e. The Morgan fingerprint density at radius 2 is 0.957 bits per heavy atom. The molecule has 218 valence electrons. The molecule has 0 spiro atoms. The molecule has 0 aromatic heterocycles. The van der Waals surface area contributed by atoms with E-state index in [0.29, 0.717) is 6.54 Å². The molecular formula is C45H33N. The van der Waals surface area contributed by atoms with Crippen LogP contribution >= 0.6 is 0 Å². The summed E-state index contributed by atoms with van der Waals surface area (Å²) in [5.74, 6) is 0.